The second-order valence-corrected chi connectivity index (χ2v) is 6.19. The minimum absolute atomic E-state index is 0.394. The lowest BCUT2D eigenvalue weighted by molar-refractivity contribution is 0.441. The molecule has 1 aliphatic rings. The molecule has 2 rings (SSSR count). The first kappa shape index (κ1) is 11.5. The fourth-order valence-electron chi connectivity index (χ4n) is 1.99. The fraction of sp³-hybridized carbons (Fsp3) is 0.500. The molecule has 1 saturated heterocycles. The van der Waals surface area contributed by atoms with Crippen LogP contribution in [0.15, 0.2) is 28.7 Å². The molecule has 15 heavy (non-hydrogen) atoms. The molecule has 0 amide bonds. The molecule has 82 valence electrons. The van der Waals surface area contributed by atoms with Gasteiger partial charge in [-0.3, -0.25) is 0 Å². The van der Waals surface area contributed by atoms with Gasteiger partial charge in [0.05, 0.1) is 0 Å². The van der Waals surface area contributed by atoms with Gasteiger partial charge in [-0.05, 0) is 48.0 Å². The molecule has 0 bridgehead atoms. The van der Waals surface area contributed by atoms with Gasteiger partial charge < -0.3 is 5.73 Å². The summed E-state index contributed by atoms with van der Waals surface area (Å²) >= 11 is 5.54. The van der Waals surface area contributed by atoms with Crippen LogP contribution in [0.1, 0.15) is 12.0 Å². The normalized spacial score (nSPS) is 26.5. The molecule has 2 unspecified atom stereocenters. The number of hydrogen-bond donors (Lipinski definition) is 1. The van der Waals surface area contributed by atoms with Crippen molar-refractivity contribution >= 4 is 27.7 Å². The van der Waals surface area contributed by atoms with Gasteiger partial charge in [0.2, 0.25) is 0 Å². The summed E-state index contributed by atoms with van der Waals surface area (Å²) in [7, 11) is 0. The lowest BCUT2D eigenvalue weighted by atomic mass is 9.92. The van der Waals surface area contributed by atoms with Crippen LogP contribution in [0.4, 0.5) is 0 Å². The second kappa shape index (κ2) is 5.37. The Hall–Kier alpha value is 0.01000. The van der Waals surface area contributed by atoms with E-state index in [-0.39, 0.29) is 0 Å². The molecule has 0 aromatic heterocycles. The molecule has 1 aliphatic heterocycles. The smallest absolute Gasteiger partial charge is 0.0177 e. The first-order chi connectivity index (χ1) is 7.25. The number of thioether (sulfide) groups is 1. The maximum absolute atomic E-state index is 6.14. The number of hydrogen-bond acceptors (Lipinski definition) is 2. The molecule has 0 saturated carbocycles. The van der Waals surface area contributed by atoms with E-state index in [2.05, 4.69) is 40.2 Å². The summed E-state index contributed by atoms with van der Waals surface area (Å²) in [5, 5.41) is 0. The Bertz CT molecular complexity index is 329. The summed E-state index contributed by atoms with van der Waals surface area (Å²) in [5.74, 6) is 3.10. The minimum atomic E-state index is 0.394. The van der Waals surface area contributed by atoms with Crippen LogP contribution in [0, 0.1) is 5.92 Å². The Balaban J connectivity index is 2.01. The standard InChI is InChI=1S/C12H16BrNS/c13-11-3-1-2-9(7-11)6-10-8-15-5-4-12(10)14/h1-3,7,10,12H,4-6,8,14H2. The number of rotatable bonds is 2. The van der Waals surface area contributed by atoms with Crippen molar-refractivity contribution in [2.75, 3.05) is 11.5 Å². The lowest BCUT2D eigenvalue weighted by Crippen LogP contribution is -2.36. The van der Waals surface area contributed by atoms with E-state index in [1.54, 1.807) is 0 Å². The van der Waals surface area contributed by atoms with Gasteiger partial charge in [-0.25, -0.2) is 0 Å². The van der Waals surface area contributed by atoms with Gasteiger partial charge in [-0.1, -0.05) is 28.1 Å². The van der Waals surface area contributed by atoms with E-state index in [9.17, 15) is 0 Å². The van der Waals surface area contributed by atoms with Crippen LogP contribution in [-0.4, -0.2) is 17.5 Å². The molecular formula is C12H16BrNS. The molecule has 1 aromatic rings. The van der Waals surface area contributed by atoms with E-state index < -0.39 is 0 Å². The largest absolute Gasteiger partial charge is 0.327 e. The molecule has 0 spiro atoms. The molecule has 1 fully saturated rings. The fourth-order valence-corrected chi connectivity index (χ4v) is 3.71. The van der Waals surface area contributed by atoms with Crippen molar-refractivity contribution < 1.29 is 0 Å². The molecule has 3 heteroatoms. The Kier molecular flexibility index (Phi) is 4.12. The van der Waals surface area contributed by atoms with Crippen molar-refractivity contribution in [3.8, 4) is 0 Å². The number of benzene rings is 1. The van der Waals surface area contributed by atoms with E-state index in [4.69, 9.17) is 5.73 Å². The van der Waals surface area contributed by atoms with Crippen LogP contribution in [0.3, 0.4) is 0 Å². The molecule has 2 atom stereocenters. The monoisotopic (exact) mass is 285 g/mol. The second-order valence-electron chi connectivity index (χ2n) is 4.12. The maximum atomic E-state index is 6.14. The predicted octanol–water partition coefficient (Wildman–Crippen LogP) is 3.07. The van der Waals surface area contributed by atoms with Crippen LogP contribution in [-0.2, 0) is 6.42 Å². The summed E-state index contributed by atoms with van der Waals surface area (Å²) < 4.78 is 1.16. The van der Waals surface area contributed by atoms with E-state index in [0.717, 1.165) is 10.9 Å². The zero-order valence-electron chi connectivity index (χ0n) is 8.66. The summed E-state index contributed by atoms with van der Waals surface area (Å²) in [6, 6.07) is 8.95. The Morgan fingerprint density at radius 2 is 2.33 bits per heavy atom. The first-order valence-corrected chi connectivity index (χ1v) is 7.28. The zero-order chi connectivity index (χ0) is 10.7. The minimum Gasteiger partial charge on any atom is -0.327 e. The van der Waals surface area contributed by atoms with Gasteiger partial charge in [-0.2, -0.15) is 11.8 Å². The molecular weight excluding hydrogens is 270 g/mol. The molecule has 1 nitrogen and oxygen atoms in total. The highest BCUT2D eigenvalue weighted by Gasteiger charge is 2.22. The van der Waals surface area contributed by atoms with Crippen molar-refractivity contribution in [2.45, 2.75) is 18.9 Å². The lowest BCUT2D eigenvalue weighted by Gasteiger charge is -2.28. The average Bonchev–Trinajstić information content (AvgIpc) is 2.22. The zero-order valence-corrected chi connectivity index (χ0v) is 11.1. The molecule has 0 radical (unpaired) electrons. The van der Waals surface area contributed by atoms with Gasteiger partial charge in [0, 0.05) is 10.5 Å². The summed E-state index contributed by atoms with van der Waals surface area (Å²) in [6.45, 7) is 0. The van der Waals surface area contributed by atoms with Crippen molar-refractivity contribution in [1.29, 1.82) is 0 Å². The summed E-state index contributed by atoms with van der Waals surface area (Å²) in [5.41, 5.74) is 7.54. The van der Waals surface area contributed by atoms with Gasteiger partial charge in [0.25, 0.3) is 0 Å². The molecule has 2 N–H and O–H groups in total. The summed E-state index contributed by atoms with van der Waals surface area (Å²) in [4.78, 5) is 0. The maximum Gasteiger partial charge on any atom is 0.0177 e. The number of nitrogens with two attached hydrogens (primary N) is 1. The van der Waals surface area contributed by atoms with Gasteiger partial charge in [0.15, 0.2) is 0 Å². The van der Waals surface area contributed by atoms with E-state index >= 15 is 0 Å². The third-order valence-electron chi connectivity index (χ3n) is 2.92. The van der Waals surface area contributed by atoms with Gasteiger partial charge in [-0.15, -0.1) is 0 Å². The molecule has 0 aliphatic carbocycles. The van der Waals surface area contributed by atoms with Crippen molar-refractivity contribution in [3.05, 3.63) is 34.3 Å². The Morgan fingerprint density at radius 3 is 3.07 bits per heavy atom. The van der Waals surface area contributed by atoms with Crippen LogP contribution in [0.5, 0.6) is 0 Å². The van der Waals surface area contributed by atoms with Crippen LogP contribution < -0.4 is 5.73 Å². The third-order valence-corrected chi connectivity index (χ3v) is 4.60. The first-order valence-electron chi connectivity index (χ1n) is 5.33. The molecule has 1 heterocycles. The van der Waals surface area contributed by atoms with Crippen LogP contribution in [0.25, 0.3) is 0 Å². The van der Waals surface area contributed by atoms with E-state index in [1.165, 1.54) is 23.5 Å². The predicted molar refractivity (Wildman–Crippen MR) is 71.3 cm³/mol. The van der Waals surface area contributed by atoms with Crippen molar-refractivity contribution in [1.82, 2.24) is 0 Å². The highest BCUT2D eigenvalue weighted by atomic mass is 79.9. The SMILES string of the molecule is NC1CCSCC1Cc1cccc(Br)c1. The average molecular weight is 286 g/mol. The number of halogens is 1. The Morgan fingerprint density at radius 1 is 1.47 bits per heavy atom. The van der Waals surface area contributed by atoms with Crippen LogP contribution in [0.2, 0.25) is 0 Å². The van der Waals surface area contributed by atoms with E-state index in [0.29, 0.717) is 12.0 Å². The Labute approximate surface area is 104 Å². The highest BCUT2D eigenvalue weighted by Crippen LogP contribution is 2.25. The molecule has 1 aromatic carbocycles. The van der Waals surface area contributed by atoms with Gasteiger partial charge in [0.1, 0.15) is 0 Å². The summed E-state index contributed by atoms with van der Waals surface area (Å²) in [6.07, 6.45) is 2.29. The van der Waals surface area contributed by atoms with Crippen LogP contribution >= 0.6 is 27.7 Å². The topological polar surface area (TPSA) is 26.0 Å². The van der Waals surface area contributed by atoms with Crippen molar-refractivity contribution in [3.63, 3.8) is 0 Å². The van der Waals surface area contributed by atoms with Gasteiger partial charge >= 0.3 is 0 Å². The highest BCUT2D eigenvalue weighted by molar-refractivity contribution is 9.10. The van der Waals surface area contributed by atoms with Crippen molar-refractivity contribution in [2.24, 2.45) is 11.7 Å². The quantitative estimate of drug-likeness (QED) is 0.904. The third kappa shape index (κ3) is 3.23. The van der Waals surface area contributed by atoms with E-state index in [1.807, 2.05) is 11.8 Å².